The summed E-state index contributed by atoms with van der Waals surface area (Å²) in [5, 5.41) is 3.71. The van der Waals surface area contributed by atoms with E-state index in [0.29, 0.717) is 6.04 Å². The zero-order valence-corrected chi connectivity index (χ0v) is 12.1. The molecule has 1 aliphatic rings. The third kappa shape index (κ3) is 2.73. The molecule has 0 aliphatic heterocycles. The number of aromatic nitrogens is 2. The Bertz CT molecular complexity index is 594. The van der Waals surface area contributed by atoms with Gasteiger partial charge in [0.25, 0.3) is 0 Å². The number of rotatable bonds is 3. The summed E-state index contributed by atoms with van der Waals surface area (Å²) in [6.07, 6.45) is 7.00. The highest BCUT2D eigenvalue weighted by Crippen LogP contribution is 2.23. The third-order valence-electron chi connectivity index (χ3n) is 4.16. The molecule has 2 aromatic rings. The molecule has 1 aliphatic carbocycles. The molecule has 0 radical (unpaired) electrons. The first kappa shape index (κ1) is 13.3. The van der Waals surface area contributed by atoms with E-state index in [4.69, 9.17) is 0 Å². The second-order valence-electron chi connectivity index (χ2n) is 5.62. The summed E-state index contributed by atoms with van der Waals surface area (Å²) >= 11 is 0. The Labute approximate surface area is 120 Å². The van der Waals surface area contributed by atoms with E-state index < -0.39 is 0 Å². The lowest BCUT2D eigenvalue weighted by Crippen LogP contribution is -2.36. The number of aryl methyl sites for hydroxylation is 2. The van der Waals surface area contributed by atoms with Crippen LogP contribution in [0.3, 0.4) is 0 Å². The zero-order valence-electron chi connectivity index (χ0n) is 12.1. The van der Waals surface area contributed by atoms with Crippen LogP contribution >= 0.6 is 0 Å². The smallest absolute Gasteiger partial charge is 0.0782 e. The molecule has 1 aromatic heterocycles. The van der Waals surface area contributed by atoms with Crippen molar-refractivity contribution >= 4 is 0 Å². The van der Waals surface area contributed by atoms with Crippen LogP contribution in [-0.2, 0) is 12.8 Å². The van der Waals surface area contributed by atoms with Crippen molar-refractivity contribution in [2.24, 2.45) is 0 Å². The molecule has 3 nitrogen and oxygen atoms in total. The fraction of sp³-hybridized carbons (Fsp3) is 0.412. The van der Waals surface area contributed by atoms with Gasteiger partial charge in [0.1, 0.15) is 0 Å². The summed E-state index contributed by atoms with van der Waals surface area (Å²) < 4.78 is 0. The summed E-state index contributed by atoms with van der Waals surface area (Å²) in [6.45, 7) is 4.20. The topological polar surface area (TPSA) is 37.8 Å². The van der Waals surface area contributed by atoms with Crippen LogP contribution in [0.4, 0.5) is 0 Å². The highest BCUT2D eigenvalue weighted by atomic mass is 15.0. The highest BCUT2D eigenvalue weighted by molar-refractivity contribution is 5.30. The lowest BCUT2D eigenvalue weighted by molar-refractivity contribution is 0.407. The standard InChI is InChI=1S/C17H21N3/c1-12-17(19-10-9-18-12)13(2)20-16-8-7-14-5-3-4-6-15(14)11-16/h3-6,9-10,13,16,20H,7-8,11H2,1-2H3. The molecule has 2 unspecified atom stereocenters. The molecule has 0 fully saturated rings. The van der Waals surface area contributed by atoms with Gasteiger partial charge in [-0.2, -0.15) is 0 Å². The summed E-state index contributed by atoms with van der Waals surface area (Å²) in [6, 6.07) is 9.55. The predicted molar refractivity (Wildman–Crippen MR) is 80.6 cm³/mol. The first-order valence-corrected chi connectivity index (χ1v) is 7.34. The SMILES string of the molecule is Cc1nccnc1C(C)NC1CCc2ccccc2C1. The van der Waals surface area contributed by atoms with E-state index in [2.05, 4.69) is 46.5 Å². The van der Waals surface area contributed by atoms with Gasteiger partial charge in [-0.1, -0.05) is 24.3 Å². The van der Waals surface area contributed by atoms with Crippen molar-refractivity contribution in [3.63, 3.8) is 0 Å². The maximum Gasteiger partial charge on any atom is 0.0782 e. The molecule has 0 saturated carbocycles. The molecule has 104 valence electrons. The van der Waals surface area contributed by atoms with E-state index in [1.165, 1.54) is 24.0 Å². The van der Waals surface area contributed by atoms with Crippen molar-refractivity contribution in [1.29, 1.82) is 0 Å². The zero-order chi connectivity index (χ0) is 13.9. The quantitative estimate of drug-likeness (QED) is 0.929. The van der Waals surface area contributed by atoms with Gasteiger partial charge in [-0.15, -0.1) is 0 Å². The molecule has 20 heavy (non-hydrogen) atoms. The average Bonchev–Trinajstić information content (AvgIpc) is 2.47. The van der Waals surface area contributed by atoms with Crippen molar-refractivity contribution in [3.05, 3.63) is 59.2 Å². The molecular weight excluding hydrogens is 246 g/mol. The Morgan fingerprint density at radius 3 is 2.70 bits per heavy atom. The summed E-state index contributed by atoms with van der Waals surface area (Å²) in [5.41, 5.74) is 5.07. The molecule has 1 N–H and O–H groups in total. The van der Waals surface area contributed by atoms with Crippen molar-refractivity contribution in [2.45, 2.75) is 45.2 Å². The van der Waals surface area contributed by atoms with Gasteiger partial charge in [0, 0.05) is 24.5 Å². The van der Waals surface area contributed by atoms with Gasteiger partial charge in [-0.3, -0.25) is 9.97 Å². The molecule has 1 aromatic carbocycles. The minimum absolute atomic E-state index is 0.249. The van der Waals surface area contributed by atoms with Gasteiger partial charge < -0.3 is 5.32 Å². The van der Waals surface area contributed by atoms with E-state index in [9.17, 15) is 0 Å². The highest BCUT2D eigenvalue weighted by Gasteiger charge is 2.21. The molecule has 0 amide bonds. The Morgan fingerprint density at radius 1 is 1.15 bits per heavy atom. The number of nitrogens with one attached hydrogen (secondary N) is 1. The maximum atomic E-state index is 4.46. The molecule has 2 atom stereocenters. The first-order chi connectivity index (χ1) is 9.74. The number of hydrogen-bond donors (Lipinski definition) is 1. The van der Waals surface area contributed by atoms with Crippen LogP contribution in [0.1, 0.15) is 41.9 Å². The Balaban J connectivity index is 1.69. The van der Waals surface area contributed by atoms with Gasteiger partial charge in [-0.05, 0) is 44.2 Å². The lowest BCUT2D eigenvalue weighted by atomic mass is 9.88. The van der Waals surface area contributed by atoms with E-state index >= 15 is 0 Å². The molecule has 3 rings (SSSR count). The Hall–Kier alpha value is -1.74. The van der Waals surface area contributed by atoms with Gasteiger partial charge in [0.2, 0.25) is 0 Å². The van der Waals surface area contributed by atoms with Crippen LogP contribution < -0.4 is 5.32 Å². The monoisotopic (exact) mass is 267 g/mol. The number of nitrogens with zero attached hydrogens (tertiary/aromatic N) is 2. The van der Waals surface area contributed by atoms with Crippen molar-refractivity contribution in [2.75, 3.05) is 0 Å². The fourth-order valence-corrected chi connectivity index (χ4v) is 3.12. The van der Waals surface area contributed by atoms with Crippen LogP contribution in [-0.4, -0.2) is 16.0 Å². The number of hydrogen-bond acceptors (Lipinski definition) is 3. The number of benzene rings is 1. The van der Waals surface area contributed by atoms with Crippen LogP contribution in [0.25, 0.3) is 0 Å². The molecule has 0 saturated heterocycles. The molecular formula is C17H21N3. The summed E-state index contributed by atoms with van der Waals surface area (Å²) in [4.78, 5) is 8.79. The van der Waals surface area contributed by atoms with Gasteiger partial charge >= 0.3 is 0 Å². The molecule has 0 spiro atoms. The van der Waals surface area contributed by atoms with Crippen molar-refractivity contribution in [3.8, 4) is 0 Å². The largest absolute Gasteiger partial charge is 0.306 e. The van der Waals surface area contributed by atoms with E-state index in [-0.39, 0.29) is 6.04 Å². The normalized spacial score (nSPS) is 19.4. The summed E-state index contributed by atoms with van der Waals surface area (Å²) in [7, 11) is 0. The fourth-order valence-electron chi connectivity index (χ4n) is 3.12. The van der Waals surface area contributed by atoms with Gasteiger partial charge in [0.05, 0.1) is 11.4 Å². The first-order valence-electron chi connectivity index (χ1n) is 7.34. The second-order valence-corrected chi connectivity index (χ2v) is 5.62. The maximum absolute atomic E-state index is 4.46. The Kier molecular flexibility index (Phi) is 3.79. The van der Waals surface area contributed by atoms with Crippen molar-refractivity contribution < 1.29 is 0 Å². The minimum Gasteiger partial charge on any atom is -0.306 e. The van der Waals surface area contributed by atoms with Gasteiger partial charge in [0.15, 0.2) is 0 Å². The van der Waals surface area contributed by atoms with E-state index in [1.54, 1.807) is 12.4 Å². The van der Waals surface area contributed by atoms with Crippen LogP contribution in [0.5, 0.6) is 0 Å². The summed E-state index contributed by atoms with van der Waals surface area (Å²) in [5.74, 6) is 0. The van der Waals surface area contributed by atoms with Crippen LogP contribution in [0.2, 0.25) is 0 Å². The lowest BCUT2D eigenvalue weighted by Gasteiger charge is -2.28. The molecule has 3 heteroatoms. The van der Waals surface area contributed by atoms with E-state index in [0.717, 1.165) is 17.8 Å². The third-order valence-corrected chi connectivity index (χ3v) is 4.16. The van der Waals surface area contributed by atoms with Crippen molar-refractivity contribution in [1.82, 2.24) is 15.3 Å². The second kappa shape index (κ2) is 5.71. The van der Waals surface area contributed by atoms with Crippen LogP contribution in [0, 0.1) is 6.92 Å². The number of fused-ring (bicyclic) bond motifs is 1. The molecule has 1 heterocycles. The van der Waals surface area contributed by atoms with Gasteiger partial charge in [-0.25, -0.2) is 0 Å². The predicted octanol–water partition coefficient (Wildman–Crippen LogP) is 2.99. The van der Waals surface area contributed by atoms with E-state index in [1.807, 2.05) is 6.92 Å². The van der Waals surface area contributed by atoms with Crippen LogP contribution in [0.15, 0.2) is 36.7 Å². The Morgan fingerprint density at radius 2 is 1.90 bits per heavy atom. The average molecular weight is 267 g/mol. The molecule has 0 bridgehead atoms. The minimum atomic E-state index is 0.249.